The van der Waals surface area contributed by atoms with E-state index in [-0.39, 0.29) is 12.5 Å². The van der Waals surface area contributed by atoms with Gasteiger partial charge < -0.3 is 15.7 Å². The average molecular weight is 301 g/mol. The molecule has 0 aliphatic rings. The number of carbonyl (C=O) groups is 1. The molecule has 1 aromatic rings. The number of benzene rings is 1. The van der Waals surface area contributed by atoms with Gasteiger partial charge in [-0.15, -0.1) is 0 Å². The molecular formula is C12H17BrN2O2. The summed E-state index contributed by atoms with van der Waals surface area (Å²) in [6.45, 7) is 1.24. The van der Waals surface area contributed by atoms with Crippen LogP contribution in [0.2, 0.25) is 0 Å². The molecular weight excluding hydrogens is 284 g/mol. The van der Waals surface area contributed by atoms with Crippen LogP contribution < -0.4 is 10.6 Å². The van der Waals surface area contributed by atoms with Crippen molar-refractivity contribution in [1.82, 2.24) is 5.32 Å². The Hall–Kier alpha value is -0.910. The number of hydrogen-bond donors (Lipinski definition) is 3. The van der Waals surface area contributed by atoms with Gasteiger partial charge >= 0.3 is 0 Å². The zero-order chi connectivity index (χ0) is 12.5. The second kappa shape index (κ2) is 8.22. The average Bonchev–Trinajstić information content (AvgIpc) is 2.32. The number of anilines is 1. The summed E-state index contributed by atoms with van der Waals surface area (Å²) in [4.78, 5) is 11.5. The Labute approximate surface area is 110 Å². The molecule has 0 aliphatic carbocycles. The van der Waals surface area contributed by atoms with Crippen LogP contribution in [0.5, 0.6) is 0 Å². The van der Waals surface area contributed by atoms with E-state index >= 15 is 0 Å². The van der Waals surface area contributed by atoms with E-state index < -0.39 is 0 Å². The highest BCUT2D eigenvalue weighted by molar-refractivity contribution is 9.10. The van der Waals surface area contributed by atoms with Crippen molar-refractivity contribution in [2.75, 3.05) is 25.0 Å². The van der Waals surface area contributed by atoms with Crippen LogP contribution in [0.1, 0.15) is 12.8 Å². The Morgan fingerprint density at radius 3 is 2.59 bits per heavy atom. The van der Waals surface area contributed by atoms with E-state index in [1.165, 1.54) is 0 Å². The summed E-state index contributed by atoms with van der Waals surface area (Å²) in [5.41, 5.74) is 0.787. The number of hydrogen-bond acceptors (Lipinski definition) is 3. The first-order valence-corrected chi connectivity index (χ1v) is 6.38. The summed E-state index contributed by atoms with van der Waals surface area (Å²) >= 11 is 3.33. The molecule has 0 saturated carbocycles. The van der Waals surface area contributed by atoms with Gasteiger partial charge in [0.2, 0.25) is 5.91 Å². The van der Waals surface area contributed by atoms with Crippen LogP contribution in [0.25, 0.3) is 0 Å². The van der Waals surface area contributed by atoms with Gasteiger partial charge in [-0.2, -0.15) is 0 Å². The smallest absolute Gasteiger partial charge is 0.238 e. The first-order chi connectivity index (χ1) is 8.22. The Bertz CT molecular complexity index is 341. The third-order valence-electron chi connectivity index (χ3n) is 2.18. The number of aliphatic hydroxyl groups is 1. The van der Waals surface area contributed by atoms with E-state index in [1.54, 1.807) is 0 Å². The number of amides is 1. The standard InChI is InChI=1S/C12H17BrN2O2/c13-10-3-5-11(6-4-10)15-12(17)9-14-7-1-2-8-16/h3-6,14,16H,1-2,7-9H2,(H,15,17). The van der Waals surface area contributed by atoms with Crippen molar-refractivity contribution in [2.45, 2.75) is 12.8 Å². The third-order valence-corrected chi connectivity index (χ3v) is 2.70. The van der Waals surface area contributed by atoms with Crippen LogP contribution in [0.4, 0.5) is 5.69 Å². The van der Waals surface area contributed by atoms with Gasteiger partial charge in [-0.25, -0.2) is 0 Å². The summed E-state index contributed by atoms with van der Waals surface area (Å²) < 4.78 is 0.984. The molecule has 0 unspecified atom stereocenters. The largest absolute Gasteiger partial charge is 0.396 e. The zero-order valence-corrected chi connectivity index (χ0v) is 11.2. The molecule has 1 aromatic carbocycles. The normalized spacial score (nSPS) is 10.2. The minimum atomic E-state index is -0.0590. The summed E-state index contributed by atoms with van der Waals surface area (Å²) in [6, 6.07) is 7.44. The predicted octanol–water partition coefficient (Wildman–Crippen LogP) is 1.75. The van der Waals surface area contributed by atoms with E-state index in [4.69, 9.17) is 5.11 Å². The molecule has 0 saturated heterocycles. The highest BCUT2D eigenvalue weighted by Crippen LogP contribution is 2.13. The molecule has 3 N–H and O–H groups in total. The highest BCUT2D eigenvalue weighted by Gasteiger charge is 2.01. The number of nitrogens with one attached hydrogen (secondary N) is 2. The van der Waals surface area contributed by atoms with Crippen molar-refractivity contribution in [3.05, 3.63) is 28.7 Å². The fourth-order valence-electron chi connectivity index (χ4n) is 1.30. The maximum absolute atomic E-state index is 11.5. The van der Waals surface area contributed by atoms with Gasteiger partial charge in [-0.05, 0) is 43.7 Å². The van der Waals surface area contributed by atoms with Gasteiger partial charge in [0.15, 0.2) is 0 Å². The van der Waals surface area contributed by atoms with Crippen LogP contribution in [-0.2, 0) is 4.79 Å². The van der Waals surface area contributed by atoms with Crippen LogP contribution in [0.15, 0.2) is 28.7 Å². The van der Waals surface area contributed by atoms with Gasteiger partial charge in [0, 0.05) is 16.8 Å². The molecule has 0 heterocycles. The Morgan fingerprint density at radius 1 is 1.24 bits per heavy atom. The lowest BCUT2D eigenvalue weighted by molar-refractivity contribution is -0.115. The first kappa shape index (κ1) is 14.2. The van der Waals surface area contributed by atoms with Crippen molar-refractivity contribution in [3.63, 3.8) is 0 Å². The topological polar surface area (TPSA) is 61.4 Å². The lowest BCUT2D eigenvalue weighted by Crippen LogP contribution is -2.28. The number of carbonyl (C=O) groups excluding carboxylic acids is 1. The predicted molar refractivity (Wildman–Crippen MR) is 72.0 cm³/mol. The van der Waals surface area contributed by atoms with Crippen molar-refractivity contribution >= 4 is 27.5 Å². The number of rotatable bonds is 7. The van der Waals surface area contributed by atoms with Crippen LogP contribution in [-0.4, -0.2) is 30.7 Å². The molecule has 17 heavy (non-hydrogen) atoms. The fourth-order valence-corrected chi connectivity index (χ4v) is 1.57. The Balaban J connectivity index is 2.18. The zero-order valence-electron chi connectivity index (χ0n) is 9.58. The molecule has 4 nitrogen and oxygen atoms in total. The number of aliphatic hydroxyl groups excluding tert-OH is 1. The Kier molecular flexibility index (Phi) is 6.84. The first-order valence-electron chi connectivity index (χ1n) is 5.59. The summed E-state index contributed by atoms with van der Waals surface area (Å²) in [5.74, 6) is -0.0590. The van der Waals surface area contributed by atoms with Crippen molar-refractivity contribution in [1.29, 1.82) is 0 Å². The van der Waals surface area contributed by atoms with Crippen molar-refractivity contribution < 1.29 is 9.90 Å². The molecule has 0 radical (unpaired) electrons. The number of halogens is 1. The van der Waals surface area contributed by atoms with Crippen LogP contribution in [0.3, 0.4) is 0 Å². The second-order valence-electron chi connectivity index (χ2n) is 3.66. The molecule has 1 rings (SSSR count). The van der Waals surface area contributed by atoms with Crippen molar-refractivity contribution in [2.24, 2.45) is 0 Å². The van der Waals surface area contributed by atoms with Crippen molar-refractivity contribution in [3.8, 4) is 0 Å². The maximum Gasteiger partial charge on any atom is 0.238 e. The molecule has 94 valence electrons. The lowest BCUT2D eigenvalue weighted by atomic mass is 10.3. The SMILES string of the molecule is O=C(CNCCCCO)Nc1ccc(Br)cc1. The summed E-state index contributed by atoms with van der Waals surface area (Å²) in [6.07, 6.45) is 1.64. The number of unbranched alkanes of at least 4 members (excludes halogenated alkanes) is 1. The van der Waals surface area contributed by atoms with E-state index in [9.17, 15) is 4.79 Å². The summed E-state index contributed by atoms with van der Waals surface area (Å²) in [5, 5.41) is 14.4. The van der Waals surface area contributed by atoms with E-state index in [0.717, 1.165) is 29.5 Å². The third kappa shape index (κ3) is 6.41. The molecule has 0 spiro atoms. The Morgan fingerprint density at radius 2 is 1.94 bits per heavy atom. The van der Waals surface area contributed by atoms with Gasteiger partial charge in [0.1, 0.15) is 0 Å². The van der Waals surface area contributed by atoms with Gasteiger partial charge in [0.05, 0.1) is 6.54 Å². The van der Waals surface area contributed by atoms with E-state index in [1.807, 2.05) is 24.3 Å². The van der Waals surface area contributed by atoms with Gasteiger partial charge in [-0.1, -0.05) is 15.9 Å². The molecule has 0 bridgehead atoms. The molecule has 0 fully saturated rings. The minimum absolute atomic E-state index is 0.0590. The molecule has 0 atom stereocenters. The molecule has 5 heteroatoms. The summed E-state index contributed by atoms with van der Waals surface area (Å²) in [7, 11) is 0. The minimum Gasteiger partial charge on any atom is -0.396 e. The second-order valence-corrected chi connectivity index (χ2v) is 4.58. The fraction of sp³-hybridized carbons (Fsp3) is 0.417. The van der Waals surface area contributed by atoms with Crippen LogP contribution >= 0.6 is 15.9 Å². The highest BCUT2D eigenvalue weighted by atomic mass is 79.9. The van der Waals surface area contributed by atoms with E-state index in [2.05, 4.69) is 26.6 Å². The van der Waals surface area contributed by atoms with Gasteiger partial charge in [-0.3, -0.25) is 4.79 Å². The molecule has 1 amide bonds. The molecule has 0 aliphatic heterocycles. The monoisotopic (exact) mass is 300 g/mol. The van der Waals surface area contributed by atoms with E-state index in [0.29, 0.717) is 6.54 Å². The quantitative estimate of drug-likeness (QED) is 0.672. The molecule has 0 aromatic heterocycles. The maximum atomic E-state index is 11.5. The van der Waals surface area contributed by atoms with Gasteiger partial charge in [0.25, 0.3) is 0 Å². The van der Waals surface area contributed by atoms with Crippen LogP contribution in [0, 0.1) is 0 Å². The lowest BCUT2D eigenvalue weighted by Gasteiger charge is -2.06.